The number of carbonyl (C=O) groups excluding carboxylic acids is 1. The molecule has 2 N–H and O–H groups in total. The number of carbonyl (C=O) groups is 1. The zero-order chi connectivity index (χ0) is 14.0. The van der Waals surface area contributed by atoms with Crippen LogP contribution in [0.5, 0.6) is 0 Å². The molecule has 0 amide bonds. The predicted molar refractivity (Wildman–Crippen MR) is 75.7 cm³/mol. The van der Waals surface area contributed by atoms with Crippen molar-refractivity contribution in [3.8, 4) is 0 Å². The molecule has 1 saturated heterocycles. The van der Waals surface area contributed by atoms with Gasteiger partial charge < -0.3 is 15.4 Å². The van der Waals surface area contributed by atoms with Gasteiger partial charge in [0.2, 0.25) is 0 Å². The Morgan fingerprint density at radius 2 is 2.11 bits per heavy atom. The van der Waals surface area contributed by atoms with E-state index >= 15 is 0 Å². The standard InChI is InChI=1S/C15H28N2O2/c1-4-19-14(18)15(16)7-5-13(9-15)17-8-6-11(2)12(3)10-17/h11-13H,4-10,16H2,1-3H3. The molecule has 0 aromatic carbocycles. The van der Waals surface area contributed by atoms with E-state index in [4.69, 9.17) is 10.5 Å². The number of likely N-dealkylation sites (tertiary alicyclic amines) is 1. The Hall–Kier alpha value is -0.610. The van der Waals surface area contributed by atoms with Crippen molar-refractivity contribution in [2.45, 2.75) is 58.0 Å². The van der Waals surface area contributed by atoms with Crippen LogP contribution in [0.1, 0.15) is 46.5 Å². The molecule has 4 nitrogen and oxygen atoms in total. The lowest BCUT2D eigenvalue weighted by atomic mass is 9.87. The minimum Gasteiger partial charge on any atom is -0.465 e. The van der Waals surface area contributed by atoms with Crippen LogP contribution in [0.25, 0.3) is 0 Å². The van der Waals surface area contributed by atoms with Crippen molar-refractivity contribution in [2.75, 3.05) is 19.7 Å². The summed E-state index contributed by atoms with van der Waals surface area (Å²) in [6, 6.07) is 0.462. The van der Waals surface area contributed by atoms with E-state index in [0.717, 1.165) is 44.2 Å². The van der Waals surface area contributed by atoms with Gasteiger partial charge in [-0.15, -0.1) is 0 Å². The number of hydrogen-bond acceptors (Lipinski definition) is 4. The summed E-state index contributed by atoms with van der Waals surface area (Å²) in [4.78, 5) is 14.5. The molecule has 2 fully saturated rings. The van der Waals surface area contributed by atoms with Gasteiger partial charge >= 0.3 is 5.97 Å². The minimum absolute atomic E-state index is 0.212. The highest BCUT2D eigenvalue weighted by Gasteiger charge is 2.45. The average Bonchev–Trinajstić information content (AvgIpc) is 2.77. The maximum absolute atomic E-state index is 11.9. The van der Waals surface area contributed by atoms with Crippen molar-refractivity contribution in [1.29, 1.82) is 0 Å². The molecule has 19 heavy (non-hydrogen) atoms. The Kier molecular flexibility index (Phi) is 4.51. The summed E-state index contributed by atoms with van der Waals surface area (Å²) in [5.41, 5.74) is 5.50. The normalized spacial score (nSPS) is 40.3. The van der Waals surface area contributed by atoms with Crippen molar-refractivity contribution >= 4 is 5.97 Å². The van der Waals surface area contributed by atoms with Crippen molar-refractivity contribution in [2.24, 2.45) is 17.6 Å². The van der Waals surface area contributed by atoms with E-state index in [9.17, 15) is 4.79 Å². The number of piperidine rings is 1. The third-order valence-electron chi connectivity index (χ3n) is 5.09. The van der Waals surface area contributed by atoms with Crippen LogP contribution in [0.2, 0.25) is 0 Å². The van der Waals surface area contributed by atoms with Crippen LogP contribution in [0, 0.1) is 11.8 Å². The monoisotopic (exact) mass is 268 g/mol. The van der Waals surface area contributed by atoms with Gasteiger partial charge in [0.25, 0.3) is 0 Å². The highest BCUT2D eigenvalue weighted by Crippen LogP contribution is 2.35. The summed E-state index contributed by atoms with van der Waals surface area (Å²) in [6.45, 7) is 9.21. The molecule has 0 aromatic heterocycles. The molecule has 4 heteroatoms. The Labute approximate surface area is 116 Å². The second-order valence-electron chi connectivity index (χ2n) is 6.51. The summed E-state index contributed by atoms with van der Waals surface area (Å²) in [5, 5.41) is 0. The molecule has 0 bridgehead atoms. The lowest BCUT2D eigenvalue weighted by Crippen LogP contribution is -2.50. The van der Waals surface area contributed by atoms with Crippen LogP contribution < -0.4 is 5.73 Å². The fourth-order valence-corrected chi connectivity index (χ4v) is 3.45. The molecule has 0 radical (unpaired) electrons. The Morgan fingerprint density at radius 1 is 1.37 bits per heavy atom. The number of esters is 1. The molecular weight excluding hydrogens is 240 g/mol. The van der Waals surface area contributed by atoms with E-state index in [0.29, 0.717) is 12.6 Å². The highest BCUT2D eigenvalue weighted by atomic mass is 16.5. The van der Waals surface area contributed by atoms with Crippen LogP contribution in [0.3, 0.4) is 0 Å². The maximum Gasteiger partial charge on any atom is 0.326 e. The molecule has 1 aliphatic carbocycles. The summed E-state index contributed by atoms with van der Waals surface area (Å²) in [5.74, 6) is 1.34. The predicted octanol–water partition coefficient (Wildman–Crippen LogP) is 1.78. The van der Waals surface area contributed by atoms with E-state index in [1.807, 2.05) is 6.92 Å². The van der Waals surface area contributed by atoms with E-state index < -0.39 is 5.54 Å². The Morgan fingerprint density at radius 3 is 2.74 bits per heavy atom. The molecule has 1 aliphatic heterocycles. The maximum atomic E-state index is 11.9. The molecule has 2 aliphatic rings. The number of nitrogens with zero attached hydrogens (tertiary/aromatic N) is 1. The quantitative estimate of drug-likeness (QED) is 0.793. The zero-order valence-electron chi connectivity index (χ0n) is 12.5. The smallest absolute Gasteiger partial charge is 0.326 e. The molecule has 2 rings (SSSR count). The third-order valence-corrected chi connectivity index (χ3v) is 5.09. The van der Waals surface area contributed by atoms with Gasteiger partial charge in [-0.2, -0.15) is 0 Å². The first-order chi connectivity index (χ1) is 8.96. The summed E-state index contributed by atoms with van der Waals surface area (Å²) >= 11 is 0. The molecule has 0 aromatic rings. The second kappa shape index (κ2) is 5.80. The van der Waals surface area contributed by atoms with Gasteiger partial charge in [0.1, 0.15) is 5.54 Å². The largest absolute Gasteiger partial charge is 0.465 e. The van der Waals surface area contributed by atoms with Gasteiger partial charge in [-0.05, 0) is 51.0 Å². The summed E-state index contributed by atoms with van der Waals surface area (Å²) in [7, 11) is 0. The van der Waals surface area contributed by atoms with Crippen molar-refractivity contribution in [3.05, 3.63) is 0 Å². The summed E-state index contributed by atoms with van der Waals surface area (Å²) < 4.78 is 5.12. The first-order valence-electron chi connectivity index (χ1n) is 7.66. The van der Waals surface area contributed by atoms with Gasteiger partial charge in [0, 0.05) is 12.6 Å². The Bertz CT molecular complexity index is 334. The number of ether oxygens (including phenoxy) is 1. The fourth-order valence-electron chi connectivity index (χ4n) is 3.45. The molecule has 1 saturated carbocycles. The highest BCUT2D eigenvalue weighted by molar-refractivity contribution is 5.81. The number of rotatable bonds is 3. The number of hydrogen-bond donors (Lipinski definition) is 1. The topological polar surface area (TPSA) is 55.6 Å². The molecule has 0 spiro atoms. The van der Waals surface area contributed by atoms with Crippen LogP contribution in [-0.4, -0.2) is 42.1 Å². The number of nitrogens with two attached hydrogens (primary N) is 1. The van der Waals surface area contributed by atoms with Crippen LogP contribution in [-0.2, 0) is 9.53 Å². The first kappa shape index (κ1) is 14.8. The van der Waals surface area contributed by atoms with Crippen molar-refractivity contribution in [1.82, 2.24) is 4.90 Å². The van der Waals surface area contributed by atoms with Crippen LogP contribution in [0.15, 0.2) is 0 Å². The first-order valence-corrected chi connectivity index (χ1v) is 7.66. The van der Waals surface area contributed by atoms with Gasteiger partial charge in [-0.25, -0.2) is 0 Å². The van der Waals surface area contributed by atoms with Gasteiger partial charge in [0.15, 0.2) is 0 Å². The van der Waals surface area contributed by atoms with E-state index in [1.165, 1.54) is 6.42 Å². The molecular formula is C15H28N2O2. The fraction of sp³-hybridized carbons (Fsp3) is 0.933. The third kappa shape index (κ3) is 3.11. The average molecular weight is 268 g/mol. The summed E-state index contributed by atoms with van der Waals surface area (Å²) in [6.07, 6.45) is 3.80. The lowest BCUT2D eigenvalue weighted by molar-refractivity contribution is -0.149. The van der Waals surface area contributed by atoms with Gasteiger partial charge in [-0.1, -0.05) is 13.8 Å². The van der Waals surface area contributed by atoms with Crippen molar-refractivity contribution < 1.29 is 9.53 Å². The van der Waals surface area contributed by atoms with E-state index in [2.05, 4.69) is 18.7 Å². The second-order valence-corrected chi connectivity index (χ2v) is 6.51. The molecule has 4 unspecified atom stereocenters. The Balaban J connectivity index is 1.93. The van der Waals surface area contributed by atoms with Crippen LogP contribution >= 0.6 is 0 Å². The van der Waals surface area contributed by atoms with E-state index in [1.54, 1.807) is 0 Å². The minimum atomic E-state index is -0.743. The molecule has 110 valence electrons. The van der Waals surface area contributed by atoms with Gasteiger partial charge in [-0.3, -0.25) is 4.79 Å². The van der Waals surface area contributed by atoms with Crippen molar-refractivity contribution in [3.63, 3.8) is 0 Å². The lowest BCUT2D eigenvalue weighted by Gasteiger charge is -2.39. The molecule has 4 atom stereocenters. The van der Waals surface area contributed by atoms with Crippen LogP contribution in [0.4, 0.5) is 0 Å². The van der Waals surface area contributed by atoms with Gasteiger partial charge in [0.05, 0.1) is 6.61 Å². The zero-order valence-corrected chi connectivity index (χ0v) is 12.5. The van der Waals surface area contributed by atoms with E-state index in [-0.39, 0.29) is 5.97 Å². The molecule has 1 heterocycles. The SMILES string of the molecule is CCOC(=O)C1(N)CCC(N2CCC(C)C(C)C2)C1.